The molecule has 32 heavy (non-hydrogen) atoms. The smallest absolute Gasteiger partial charge is 0.407 e. The van der Waals surface area contributed by atoms with Gasteiger partial charge in [-0.05, 0) is 31.0 Å². The number of halogens is 1. The number of rotatable bonds is 13. The lowest BCUT2D eigenvalue weighted by atomic mass is 10.1. The highest BCUT2D eigenvalue weighted by Crippen LogP contribution is 2.27. The summed E-state index contributed by atoms with van der Waals surface area (Å²) >= 11 is 0. The minimum absolute atomic E-state index is 0.212. The second kappa shape index (κ2) is 12.5. The average molecular weight is 462 g/mol. The summed E-state index contributed by atoms with van der Waals surface area (Å²) < 4.78 is 27.6. The minimum Gasteiger partial charge on any atom is -0.450 e. The molecule has 0 bridgehead atoms. The lowest BCUT2D eigenvalue weighted by Crippen LogP contribution is -2.31. The molecule has 2 rings (SSSR count). The lowest BCUT2D eigenvalue weighted by molar-refractivity contribution is 0.0843. The summed E-state index contributed by atoms with van der Waals surface area (Å²) in [7, 11) is -1.25. The van der Waals surface area contributed by atoms with Crippen LogP contribution in [-0.2, 0) is 16.2 Å². The number of hydrogen-bond donors (Lipinski definition) is 1. The molecule has 8 heteroatoms. The van der Waals surface area contributed by atoms with Gasteiger partial charge in [0.05, 0.1) is 24.5 Å². The quantitative estimate of drug-likeness (QED) is 0.221. The third kappa shape index (κ3) is 7.91. The molecule has 0 spiro atoms. The van der Waals surface area contributed by atoms with Gasteiger partial charge in [-0.1, -0.05) is 51.2 Å². The van der Waals surface area contributed by atoms with Crippen molar-refractivity contribution in [2.75, 3.05) is 13.2 Å². The van der Waals surface area contributed by atoms with E-state index in [1.165, 1.54) is 6.07 Å². The highest BCUT2D eigenvalue weighted by molar-refractivity contribution is 6.76. The van der Waals surface area contributed by atoms with E-state index in [1.807, 2.05) is 11.5 Å². The zero-order valence-electron chi connectivity index (χ0n) is 19.7. The normalized spacial score (nSPS) is 12.4. The molecule has 1 aromatic carbocycles. The molecule has 0 saturated heterocycles. The first kappa shape index (κ1) is 25.8. The fraction of sp³-hybridized carbons (Fsp3) is 0.500. The molecule has 0 aliphatic rings. The number of nitrogens with zero attached hydrogens (tertiary/aromatic N) is 2. The summed E-state index contributed by atoms with van der Waals surface area (Å²) in [6.45, 7) is 13.9. The van der Waals surface area contributed by atoms with Crippen molar-refractivity contribution in [3.63, 3.8) is 0 Å². The van der Waals surface area contributed by atoms with Crippen molar-refractivity contribution in [1.29, 1.82) is 0 Å². The van der Waals surface area contributed by atoms with Crippen molar-refractivity contribution in [3.8, 4) is 11.3 Å². The van der Waals surface area contributed by atoms with Crippen molar-refractivity contribution >= 4 is 14.2 Å². The van der Waals surface area contributed by atoms with Gasteiger partial charge in [-0.15, -0.1) is 6.58 Å². The van der Waals surface area contributed by atoms with Crippen molar-refractivity contribution in [1.82, 2.24) is 14.9 Å². The molecule has 1 N–H and O–H groups in total. The molecule has 1 amide bonds. The molecule has 0 radical (unpaired) electrons. The van der Waals surface area contributed by atoms with Gasteiger partial charge in [0, 0.05) is 20.2 Å². The molecule has 0 fully saturated rings. The lowest BCUT2D eigenvalue weighted by Gasteiger charge is -2.21. The third-order valence-corrected chi connectivity index (χ3v) is 6.69. The zero-order valence-corrected chi connectivity index (χ0v) is 20.7. The van der Waals surface area contributed by atoms with Gasteiger partial charge in [0.25, 0.3) is 0 Å². The van der Waals surface area contributed by atoms with E-state index in [1.54, 1.807) is 30.5 Å². The molecular formula is C24H36FN3O3Si. The van der Waals surface area contributed by atoms with Gasteiger partial charge in [-0.25, -0.2) is 14.2 Å². The van der Waals surface area contributed by atoms with Crippen LogP contribution in [0.4, 0.5) is 9.18 Å². The first-order valence-corrected chi connectivity index (χ1v) is 14.9. The highest BCUT2D eigenvalue weighted by atomic mass is 28.3. The molecule has 0 saturated carbocycles. The fourth-order valence-corrected chi connectivity index (χ4v) is 3.87. The first-order valence-electron chi connectivity index (χ1n) is 11.2. The molecule has 2 aromatic rings. The van der Waals surface area contributed by atoms with Gasteiger partial charge in [0.2, 0.25) is 0 Å². The Morgan fingerprint density at radius 3 is 2.72 bits per heavy atom. The number of hydrogen-bond acceptors (Lipinski definition) is 4. The van der Waals surface area contributed by atoms with E-state index in [9.17, 15) is 9.18 Å². The monoisotopic (exact) mass is 461 g/mol. The Morgan fingerprint density at radius 2 is 2.06 bits per heavy atom. The van der Waals surface area contributed by atoms with Crippen molar-refractivity contribution in [3.05, 3.63) is 54.8 Å². The van der Waals surface area contributed by atoms with Gasteiger partial charge in [0.15, 0.2) is 0 Å². The molecular weight excluding hydrogens is 425 g/mol. The topological polar surface area (TPSA) is 65.4 Å². The summed E-state index contributed by atoms with van der Waals surface area (Å²) in [6, 6.07) is 7.12. The molecule has 1 heterocycles. The molecule has 6 nitrogen and oxygen atoms in total. The predicted octanol–water partition coefficient (Wildman–Crippen LogP) is 6.15. The second-order valence-electron chi connectivity index (χ2n) is 8.97. The van der Waals surface area contributed by atoms with Crippen LogP contribution in [0.25, 0.3) is 11.3 Å². The van der Waals surface area contributed by atoms with E-state index >= 15 is 0 Å². The number of benzene rings is 1. The van der Waals surface area contributed by atoms with Crippen LogP contribution >= 0.6 is 0 Å². The van der Waals surface area contributed by atoms with Crippen LogP contribution in [0.15, 0.2) is 43.1 Å². The Labute approximate surface area is 191 Å². The number of ether oxygens (including phenoxy) is 2. The number of carbonyl (C=O) groups excluding carboxylic acids is 1. The van der Waals surface area contributed by atoms with Crippen LogP contribution in [0.2, 0.25) is 25.7 Å². The second-order valence-corrected chi connectivity index (χ2v) is 14.6. The Balaban J connectivity index is 2.30. The molecule has 1 unspecified atom stereocenters. The number of amides is 1. The van der Waals surface area contributed by atoms with Gasteiger partial charge >= 0.3 is 6.09 Å². The maximum atomic E-state index is 14.6. The first-order chi connectivity index (χ1) is 15.3. The Morgan fingerprint density at radius 1 is 1.31 bits per heavy atom. The van der Waals surface area contributed by atoms with Crippen molar-refractivity contribution in [2.45, 2.75) is 64.6 Å². The Bertz CT molecular complexity index is 880. The summed E-state index contributed by atoms with van der Waals surface area (Å²) in [5.74, 6) is 0.234. The largest absolute Gasteiger partial charge is 0.450 e. The van der Waals surface area contributed by atoms with Crippen LogP contribution < -0.4 is 5.32 Å². The molecule has 0 aliphatic carbocycles. The van der Waals surface area contributed by atoms with Gasteiger partial charge in [-0.3, -0.25) is 0 Å². The Hall–Kier alpha value is -2.45. The number of aromatic nitrogens is 2. The van der Waals surface area contributed by atoms with E-state index in [0.29, 0.717) is 36.7 Å². The molecule has 1 atom stereocenters. The van der Waals surface area contributed by atoms with Gasteiger partial charge in [0.1, 0.15) is 18.4 Å². The van der Waals surface area contributed by atoms with E-state index in [2.05, 4.69) is 36.5 Å². The van der Waals surface area contributed by atoms with Gasteiger partial charge in [-0.2, -0.15) is 0 Å². The van der Waals surface area contributed by atoms with Crippen LogP contribution in [-0.4, -0.2) is 36.9 Å². The molecule has 0 aliphatic heterocycles. The average Bonchev–Trinajstić information content (AvgIpc) is 3.14. The standard InChI is InChI=1S/C24H36FN3O3Si/c1-6-8-14-31-24(29)27-21(11-7-2)23-26-17-22(19-12-9-10-13-20(19)25)28(23)18-30-15-16-32(3,4)5/h7,9-10,12-13,17,21H,2,6,8,11,14-16,18H2,1,3-5H3,(H,27,29). The number of alkyl carbamates (subject to hydrolysis) is 1. The third-order valence-electron chi connectivity index (χ3n) is 4.99. The minimum atomic E-state index is -1.25. The number of nitrogens with one attached hydrogen (secondary N) is 1. The molecule has 176 valence electrons. The van der Waals surface area contributed by atoms with Crippen LogP contribution in [0, 0.1) is 5.82 Å². The van der Waals surface area contributed by atoms with E-state index in [-0.39, 0.29) is 12.5 Å². The molecule has 1 aromatic heterocycles. The summed E-state index contributed by atoms with van der Waals surface area (Å²) in [5, 5.41) is 2.87. The number of carbonyl (C=O) groups is 1. The zero-order chi connectivity index (χ0) is 23.6. The SMILES string of the molecule is C=CCC(NC(=O)OCCCC)c1ncc(-c2ccccc2F)n1COCC[Si](C)(C)C. The van der Waals surface area contributed by atoms with Gasteiger partial charge < -0.3 is 19.4 Å². The van der Waals surface area contributed by atoms with Crippen LogP contribution in [0.1, 0.15) is 38.1 Å². The number of unbranched alkanes of at least 4 members (excludes halogenated alkanes) is 1. The van der Waals surface area contributed by atoms with E-state index < -0.39 is 20.2 Å². The van der Waals surface area contributed by atoms with Crippen LogP contribution in [0.3, 0.4) is 0 Å². The predicted molar refractivity (Wildman–Crippen MR) is 129 cm³/mol. The van der Waals surface area contributed by atoms with E-state index in [4.69, 9.17) is 9.47 Å². The van der Waals surface area contributed by atoms with Crippen molar-refractivity contribution < 1.29 is 18.7 Å². The van der Waals surface area contributed by atoms with Crippen LogP contribution in [0.5, 0.6) is 0 Å². The number of imidazole rings is 1. The highest BCUT2D eigenvalue weighted by Gasteiger charge is 2.23. The fourth-order valence-electron chi connectivity index (χ4n) is 3.11. The summed E-state index contributed by atoms with van der Waals surface area (Å²) in [4.78, 5) is 16.8. The van der Waals surface area contributed by atoms with E-state index in [0.717, 1.165) is 18.9 Å². The Kier molecular flexibility index (Phi) is 10.1. The maximum absolute atomic E-state index is 14.6. The van der Waals surface area contributed by atoms with Crippen molar-refractivity contribution in [2.24, 2.45) is 0 Å². The maximum Gasteiger partial charge on any atom is 0.407 e. The summed E-state index contributed by atoms with van der Waals surface area (Å²) in [6.07, 6.45) is 5.02. The summed E-state index contributed by atoms with van der Waals surface area (Å²) in [5.41, 5.74) is 1.03.